The van der Waals surface area contributed by atoms with E-state index in [9.17, 15) is 0 Å². The van der Waals surface area contributed by atoms with Gasteiger partial charge in [0.25, 0.3) is 0 Å². The highest BCUT2D eigenvalue weighted by atomic mass is 16.5. The van der Waals surface area contributed by atoms with Crippen LogP contribution in [-0.4, -0.2) is 31.8 Å². The number of nitrogens with one attached hydrogen (secondary N) is 1. The first-order valence-corrected chi connectivity index (χ1v) is 7.96. The molecule has 112 valence electrons. The van der Waals surface area contributed by atoms with Gasteiger partial charge in [-0.15, -0.1) is 0 Å². The Balaban J connectivity index is 2.19. The largest absolute Gasteiger partial charge is 0.494 e. The summed E-state index contributed by atoms with van der Waals surface area (Å²) in [6.07, 6.45) is 3.54. The molecule has 2 rings (SSSR count). The lowest BCUT2D eigenvalue weighted by Gasteiger charge is -2.36. The van der Waals surface area contributed by atoms with Crippen molar-refractivity contribution >= 4 is 5.69 Å². The van der Waals surface area contributed by atoms with Crippen LogP contribution in [0.5, 0.6) is 5.75 Å². The highest BCUT2D eigenvalue weighted by Gasteiger charge is 2.30. The first-order chi connectivity index (χ1) is 9.73. The van der Waals surface area contributed by atoms with Gasteiger partial charge in [-0.3, -0.25) is 0 Å². The Labute approximate surface area is 123 Å². The van der Waals surface area contributed by atoms with Gasteiger partial charge in [0.1, 0.15) is 5.75 Å². The zero-order chi connectivity index (χ0) is 14.4. The van der Waals surface area contributed by atoms with Crippen LogP contribution in [0.3, 0.4) is 0 Å². The molecule has 0 amide bonds. The number of rotatable bonds is 5. The van der Waals surface area contributed by atoms with Crippen LogP contribution in [0.25, 0.3) is 0 Å². The minimum Gasteiger partial charge on any atom is -0.494 e. The van der Waals surface area contributed by atoms with E-state index in [0.29, 0.717) is 0 Å². The summed E-state index contributed by atoms with van der Waals surface area (Å²) in [6.45, 7) is 10.6. The number of hydrogen-bond acceptors (Lipinski definition) is 3. The van der Waals surface area contributed by atoms with Gasteiger partial charge in [0, 0.05) is 30.4 Å². The maximum atomic E-state index is 5.63. The third-order valence-electron chi connectivity index (χ3n) is 4.45. The number of hydrogen-bond donors (Lipinski definition) is 1. The summed E-state index contributed by atoms with van der Waals surface area (Å²) in [7, 11) is 0. The Bertz CT molecular complexity index is 415. The van der Waals surface area contributed by atoms with Crippen LogP contribution < -0.4 is 15.0 Å². The Morgan fingerprint density at radius 1 is 1.25 bits per heavy atom. The average Bonchev–Trinajstić information content (AvgIpc) is 2.71. The summed E-state index contributed by atoms with van der Waals surface area (Å²) >= 11 is 0. The summed E-state index contributed by atoms with van der Waals surface area (Å²) in [6, 6.07) is 8.50. The van der Waals surface area contributed by atoms with Crippen LogP contribution in [0.1, 0.15) is 40.0 Å². The van der Waals surface area contributed by atoms with E-state index >= 15 is 0 Å². The normalized spacial score (nSPS) is 18.6. The highest BCUT2D eigenvalue weighted by molar-refractivity contribution is 5.51. The van der Waals surface area contributed by atoms with Gasteiger partial charge in [-0.25, -0.2) is 0 Å². The summed E-state index contributed by atoms with van der Waals surface area (Å²) in [4.78, 5) is 2.51. The molecule has 3 heteroatoms. The monoisotopic (exact) mass is 276 g/mol. The molecular weight excluding hydrogens is 248 g/mol. The standard InChI is InChI=1S/C17H28N2O/c1-4-17(5-2)14-19(12-8-11-18-17)15-9-7-10-16(13-15)20-6-3/h7,9-10,13,18H,4-6,8,11-12,14H2,1-3H3. The van der Waals surface area contributed by atoms with E-state index in [-0.39, 0.29) is 5.54 Å². The molecule has 0 spiro atoms. The Morgan fingerprint density at radius 3 is 2.75 bits per heavy atom. The Morgan fingerprint density at radius 2 is 2.05 bits per heavy atom. The Hall–Kier alpha value is -1.22. The molecule has 1 aliphatic heterocycles. The molecule has 0 unspecified atom stereocenters. The molecule has 0 saturated carbocycles. The van der Waals surface area contributed by atoms with Gasteiger partial charge in [0.2, 0.25) is 0 Å². The molecule has 0 aromatic heterocycles. The number of nitrogens with zero attached hydrogens (tertiary/aromatic N) is 1. The van der Waals surface area contributed by atoms with Crippen molar-refractivity contribution in [3.05, 3.63) is 24.3 Å². The van der Waals surface area contributed by atoms with E-state index in [4.69, 9.17) is 4.74 Å². The van der Waals surface area contributed by atoms with Crippen molar-refractivity contribution < 1.29 is 4.74 Å². The molecule has 0 bridgehead atoms. The van der Waals surface area contributed by atoms with Gasteiger partial charge in [0.15, 0.2) is 0 Å². The summed E-state index contributed by atoms with van der Waals surface area (Å²) in [5.74, 6) is 0.973. The van der Waals surface area contributed by atoms with E-state index in [1.807, 2.05) is 13.0 Å². The summed E-state index contributed by atoms with van der Waals surface area (Å²) in [5, 5.41) is 3.76. The van der Waals surface area contributed by atoms with Crippen molar-refractivity contribution in [3.8, 4) is 5.75 Å². The van der Waals surface area contributed by atoms with E-state index in [2.05, 4.69) is 42.3 Å². The smallest absolute Gasteiger partial charge is 0.121 e. The van der Waals surface area contributed by atoms with Gasteiger partial charge < -0.3 is 15.0 Å². The first kappa shape index (κ1) is 15.2. The number of anilines is 1. The van der Waals surface area contributed by atoms with Crippen molar-refractivity contribution in [2.75, 3.05) is 31.1 Å². The third kappa shape index (κ3) is 3.45. The molecule has 3 nitrogen and oxygen atoms in total. The molecule has 0 radical (unpaired) electrons. The molecule has 1 fully saturated rings. The maximum absolute atomic E-state index is 5.63. The van der Waals surface area contributed by atoms with Crippen LogP contribution in [0.2, 0.25) is 0 Å². The van der Waals surface area contributed by atoms with E-state index in [1.54, 1.807) is 0 Å². The molecule has 1 N–H and O–H groups in total. The van der Waals surface area contributed by atoms with Crippen LogP contribution in [0.4, 0.5) is 5.69 Å². The van der Waals surface area contributed by atoms with Crippen LogP contribution in [0, 0.1) is 0 Å². The fourth-order valence-electron chi connectivity index (χ4n) is 3.00. The quantitative estimate of drug-likeness (QED) is 0.891. The molecule has 1 aromatic carbocycles. The predicted molar refractivity (Wildman–Crippen MR) is 85.8 cm³/mol. The van der Waals surface area contributed by atoms with Gasteiger partial charge >= 0.3 is 0 Å². The van der Waals surface area contributed by atoms with Crippen molar-refractivity contribution in [2.24, 2.45) is 0 Å². The van der Waals surface area contributed by atoms with Crippen molar-refractivity contribution in [1.82, 2.24) is 5.32 Å². The average molecular weight is 276 g/mol. The predicted octanol–water partition coefficient (Wildman–Crippen LogP) is 3.44. The van der Waals surface area contributed by atoms with Gasteiger partial charge in [-0.1, -0.05) is 19.9 Å². The zero-order valence-electron chi connectivity index (χ0n) is 13.1. The van der Waals surface area contributed by atoms with Gasteiger partial charge in [-0.05, 0) is 44.9 Å². The molecule has 0 aliphatic carbocycles. The topological polar surface area (TPSA) is 24.5 Å². The van der Waals surface area contributed by atoms with E-state index in [0.717, 1.165) is 32.0 Å². The highest BCUT2D eigenvalue weighted by Crippen LogP contribution is 2.27. The molecule has 1 aliphatic rings. The molecule has 1 heterocycles. The van der Waals surface area contributed by atoms with Crippen molar-refractivity contribution in [2.45, 2.75) is 45.6 Å². The molecular formula is C17H28N2O. The van der Waals surface area contributed by atoms with Crippen LogP contribution >= 0.6 is 0 Å². The lowest BCUT2D eigenvalue weighted by atomic mass is 9.92. The number of benzene rings is 1. The second-order valence-electron chi connectivity index (χ2n) is 5.62. The second-order valence-corrected chi connectivity index (χ2v) is 5.62. The fraction of sp³-hybridized carbons (Fsp3) is 0.647. The van der Waals surface area contributed by atoms with E-state index in [1.165, 1.54) is 24.9 Å². The lowest BCUT2D eigenvalue weighted by Crippen LogP contribution is -2.50. The summed E-state index contributed by atoms with van der Waals surface area (Å²) in [5.41, 5.74) is 1.53. The first-order valence-electron chi connectivity index (χ1n) is 7.96. The Kier molecular flexibility index (Phi) is 5.30. The minimum atomic E-state index is 0.248. The summed E-state index contributed by atoms with van der Waals surface area (Å²) < 4.78 is 5.63. The molecule has 0 atom stereocenters. The molecule has 1 saturated heterocycles. The van der Waals surface area contributed by atoms with Gasteiger partial charge in [-0.2, -0.15) is 0 Å². The third-order valence-corrected chi connectivity index (χ3v) is 4.45. The van der Waals surface area contributed by atoms with Crippen LogP contribution in [-0.2, 0) is 0 Å². The van der Waals surface area contributed by atoms with E-state index < -0.39 is 0 Å². The lowest BCUT2D eigenvalue weighted by molar-refractivity contribution is 0.321. The van der Waals surface area contributed by atoms with Crippen LogP contribution in [0.15, 0.2) is 24.3 Å². The fourth-order valence-corrected chi connectivity index (χ4v) is 3.00. The van der Waals surface area contributed by atoms with Crippen molar-refractivity contribution in [1.29, 1.82) is 0 Å². The maximum Gasteiger partial charge on any atom is 0.121 e. The minimum absolute atomic E-state index is 0.248. The van der Waals surface area contributed by atoms with Crippen molar-refractivity contribution in [3.63, 3.8) is 0 Å². The molecule has 1 aromatic rings. The molecule has 20 heavy (non-hydrogen) atoms. The van der Waals surface area contributed by atoms with Gasteiger partial charge in [0.05, 0.1) is 6.61 Å². The second kappa shape index (κ2) is 6.98. The SMILES string of the molecule is CCOc1cccc(N2CCCNC(CC)(CC)C2)c1. The number of ether oxygens (including phenoxy) is 1. The zero-order valence-corrected chi connectivity index (χ0v) is 13.1.